The molecule has 1 aromatic heterocycles. The predicted molar refractivity (Wildman–Crippen MR) is 56.7 cm³/mol. The number of carbonyl (C=O) groups is 2. The van der Waals surface area contributed by atoms with Crippen LogP contribution >= 0.6 is 0 Å². The van der Waals surface area contributed by atoms with E-state index in [2.05, 4.69) is 4.98 Å². The van der Waals surface area contributed by atoms with Crippen molar-refractivity contribution in [1.82, 2.24) is 4.98 Å². The number of nitrogens with one attached hydrogen (secondary N) is 1. The minimum absolute atomic E-state index is 0.103. The number of hydrogen-bond donors (Lipinski definition) is 2. The second-order valence-electron chi connectivity index (χ2n) is 3.71. The maximum Gasteiger partial charge on any atom is 0.249 e. The molecule has 84 valence electrons. The minimum atomic E-state index is -0.492. The number of aromatic nitrogens is 1. The van der Waals surface area contributed by atoms with Gasteiger partial charge >= 0.3 is 0 Å². The van der Waals surface area contributed by atoms with Crippen LogP contribution < -0.4 is 16.2 Å². The van der Waals surface area contributed by atoms with E-state index in [1.807, 2.05) is 0 Å². The van der Waals surface area contributed by atoms with E-state index in [1.165, 1.54) is 11.0 Å². The molecule has 16 heavy (non-hydrogen) atoms. The van der Waals surface area contributed by atoms with Crippen LogP contribution in [0, 0.1) is 5.92 Å². The smallest absolute Gasteiger partial charge is 0.249 e. The van der Waals surface area contributed by atoms with Crippen molar-refractivity contribution in [3.05, 3.63) is 28.6 Å². The highest BCUT2D eigenvalue weighted by Gasteiger charge is 2.34. The number of H-pyrrole nitrogens is 1. The zero-order valence-electron chi connectivity index (χ0n) is 8.47. The van der Waals surface area contributed by atoms with Gasteiger partial charge in [-0.15, -0.1) is 0 Å². The van der Waals surface area contributed by atoms with Crippen molar-refractivity contribution < 1.29 is 9.59 Å². The van der Waals surface area contributed by atoms with E-state index in [9.17, 15) is 14.4 Å². The van der Waals surface area contributed by atoms with Crippen molar-refractivity contribution in [2.45, 2.75) is 6.42 Å². The molecule has 1 fully saturated rings. The molecule has 1 unspecified atom stereocenters. The van der Waals surface area contributed by atoms with Crippen LogP contribution in [-0.4, -0.2) is 23.3 Å². The van der Waals surface area contributed by atoms with Gasteiger partial charge in [-0.05, 0) is 6.07 Å². The van der Waals surface area contributed by atoms with E-state index in [4.69, 9.17) is 5.73 Å². The number of primary amides is 1. The largest absolute Gasteiger partial charge is 0.369 e. The summed E-state index contributed by atoms with van der Waals surface area (Å²) in [5.74, 6) is -0.766. The number of pyridine rings is 1. The number of anilines is 1. The Morgan fingerprint density at radius 2 is 2.19 bits per heavy atom. The van der Waals surface area contributed by atoms with E-state index < -0.39 is 11.8 Å². The molecule has 0 spiro atoms. The van der Waals surface area contributed by atoms with Gasteiger partial charge in [0.2, 0.25) is 17.4 Å². The molecule has 2 heterocycles. The highest BCUT2D eigenvalue weighted by molar-refractivity contribution is 5.99. The molecular weight excluding hydrogens is 210 g/mol. The third-order valence-electron chi connectivity index (χ3n) is 2.57. The van der Waals surface area contributed by atoms with E-state index in [1.54, 1.807) is 12.1 Å². The van der Waals surface area contributed by atoms with Gasteiger partial charge in [-0.2, -0.15) is 0 Å². The Bertz CT molecular complexity index is 494. The fourth-order valence-corrected chi connectivity index (χ4v) is 1.72. The summed E-state index contributed by atoms with van der Waals surface area (Å²) in [5, 5.41) is 0. The fraction of sp³-hybridized carbons (Fsp3) is 0.300. The fourth-order valence-electron chi connectivity index (χ4n) is 1.72. The third-order valence-corrected chi connectivity index (χ3v) is 2.57. The van der Waals surface area contributed by atoms with Gasteiger partial charge in [0.15, 0.2) is 0 Å². The number of hydrogen-bond acceptors (Lipinski definition) is 3. The standard InChI is InChI=1S/C10H11N3O3/c11-10(16)6-4-9(15)13(5-6)7-2-1-3-8(14)12-7/h1-3,6H,4-5H2,(H2,11,16)(H,12,14). The monoisotopic (exact) mass is 221 g/mol. The summed E-state index contributed by atoms with van der Waals surface area (Å²) < 4.78 is 0. The summed E-state index contributed by atoms with van der Waals surface area (Å²) >= 11 is 0. The van der Waals surface area contributed by atoms with Crippen molar-refractivity contribution in [1.29, 1.82) is 0 Å². The van der Waals surface area contributed by atoms with Gasteiger partial charge in [0.1, 0.15) is 5.82 Å². The first kappa shape index (κ1) is 10.4. The average Bonchev–Trinajstić information content (AvgIpc) is 2.60. The molecule has 6 nitrogen and oxygen atoms in total. The number of aromatic amines is 1. The zero-order chi connectivity index (χ0) is 11.7. The number of carbonyl (C=O) groups excluding carboxylic acids is 2. The molecule has 1 aliphatic heterocycles. The molecular formula is C10H11N3O3. The van der Waals surface area contributed by atoms with Crippen LogP contribution in [0.2, 0.25) is 0 Å². The molecule has 0 radical (unpaired) electrons. The summed E-state index contributed by atoms with van der Waals surface area (Å²) in [4.78, 5) is 37.6. The van der Waals surface area contributed by atoms with Crippen LogP contribution in [-0.2, 0) is 9.59 Å². The van der Waals surface area contributed by atoms with E-state index in [0.717, 1.165) is 0 Å². The Kier molecular flexibility index (Phi) is 2.47. The lowest BCUT2D eigenvalue weighted by Gasteiger charge is -2.14. The zero-order valence-corrected chi connectivity index (χ0v) is 8.47. The Labute approximate surface area is 91.1 Å². The summed E-state index contributed by atoms with van der Waals surface area (Å²) in [6.07, 6.45) is 0.103. The van der Waals surface area contributed by atoms with Crippen molar-refractivity contribution in [3.8, 4) is 0 Å². The second kappa shape index (κ2) is 3.80. The van der Waals surface area contributed by atoms with E-state index in [-0.39, 0.29) is 24.4 Å². The Morgan fingerprint density at radius 3 is 2.75 bits per heavy atom. The third kappa shape index (κ3) is 1.81. The Morgan fingerprint density at radius 1 is 1.44 bits per heavy atom. The number of amides is 2. The first-order valence-corrected chi connectivity index (χ1v) is 4.87. The molecule has 1 saturated heterocycles. The first-order chi connectivity index (χ1) is 7.58. The maximum absolute atomic E-state index is 11.6. The lowest BCUT2D eigenvalue weighted by Crippen LogP contribution is -2.29. The molecule has 0 aromatic carbocycles. The molecule has 1 aromatic rings. The normalized spacial score (nSPS) is 20.1. The molecule has 1 aliphatic rings. The van der Waals surface area contributed by atoms with Crippen LogP contribution in [0.1, 0.15) is 6.42 Å². The van der Waals surface area contributed by atoms with Crippen molar-refractivity contribution >= 4 is 17.6 Å². The van der Waals surface area contributed by atoms with Crippen LogP contribution in [0.3, 0.4) is 0 Å². The molecule has 0 aliphatic carbocycles. The topological polar surface area (TPSA) is 96.3 Å². The van der Waals surface area contributed by atoms with Gasteiger partial charge in [-0.1, -0.05) is 6.07 Å². The van der Waals surface area contributed by atoms with Crippen molar-refractivity contribution in [2.75, 3.05) is 11.4 Å². The maximum atomic E-state index is 11.6. The summed E-state index contributed by atoms with van der Waals surface area (Å²) in [6.45, 7) is 0.230. The molecule has 6 heteroatoms. The highest BCUT2D eigenvalue weighted by Crippen LogP contribution is 2.21. The van der Waals surface area contributed by atoms with Gasteiger partial charge in [-0.25, -0.2) is 0 Å². The quantitative estimate of drug-likeness (QED) is 0.685. The summed E-state index contributed by atoms with van der Waals surface area (Å²) in [6, 6.07) is 4.53. The lowest BCUT2D eigenvalue weighted by atomic mass is 10.1. The Balaban J connectivity index is 2.26. The Hall–Kier alpha value is -2.11. The van der Waals surface area contributed by atoms with E-state index in [0.29, 0.717) is 5.82 Å². The summed E-state index contributed by atoms with van der Waals surface area (Å²) in [5.41, 5.74) is 4.86. The molecule has 0 saturated carbocycles. The lowest BCUT2D eigenvalue weighted by molar-refractivity contribution is -0.123. The van der Waals surface area contributed by atoms with Crippen LogP contribution in [0.25, 0.3) is 0 Å². The highest BCUT2D eigenvalue weighted by atomic mass is 16.2. The number of nitrogens with zero attached hydrogens (tertiary/aromatic N) is 1. The number of rotatable bonds is 2. The van der Waals surface area contributed by atoms with Gasteiger partial charge in [0, 0.05) is 19.0 Å². The van der Waals surface area contributed by atoms with Crippen molar-refractivity contribution in [3.63, 3.8) is 0 Å². The van der Waals surface area contributed by atoms with Crippen molar-refractivity contribution in [2.24, 2.45) is 11.7 Å². The van der Waals surface area contributed by atoms with Gasteiger partial charge in [0.25, 0.3) is 0 Å². The van der Waals surface area contributed by atoms with E-state index >= 15 is 0 Å². The van der Waals surface area contributed by atoms with Crippen LogP contribution in [0.15, 0.2) is 23.0 Å². The number of nitrogens with two attached hydrogens (primary N) is 1. The van der Waals surface area contributed by atoms with Crippen LogP contribution in [0.4, 0.5) is 5.82 Å². The molecule has 2 amide bonds. The minimum Gasteiger partial charge on any atom is -0.369 e. The summed E-state index contributed by atoms with van der Waals surface area (Å²) in [7, 11) is 0. The first-order valence-electron chi connectivity index (χ1n) is 4.87. The molecule has 3 N–H and O–H groups in total. The predicted octanol–water partition coefficient (Wildman–Crippen LogP) is -0.787. The molecule has 0 bridgehead atoms. The van der Waals surface area contributed by atoms with Crippen LogP contribution in [0.5, 0.6) is 0 Å². The average molecular weight is 221 g/mol. The van der Waals surface area contributed by atoms with Gasteiger partial charge in [0.05, 0.1) is 5.92 Å². The second-order valence-corrected chi connectivity index (χ2v) is 3.71. The SMILES string of the molecule is NC(=O)C1CC(=O)N(c2cccc(=O)[nH]2)C1. The van der Waals surface area contributed by atoms with Gasteiger partial charge in [-0.3, -0.25) is 19.3 Å². The van der Waals surface area contributed by atoms with Gasteiger partial charge < -0.3 is 10.7 Å². The molecule has 2 rings (SSSR count). The molecule has 1 atom stereocenters.